The zero-order chi connectivity index (χ0) is 22.2. The minimum atomic E-state index is -0.880. The first kappa shape index (κ1) is 22.1. The highest BCUT2D eigenvalue weighted by Crippen LogP contribution is 2.20. The second-order valence-electron chi connectivity index (χ2n) is 7.84. The summed E-state index contributed by atoms with van der Waals surface area (Å²) in [4.78, 5) is 45.1. The highest BCUT2D eigenvalue weighted by molar-refractivity contribution is 5.96. The Labute approximate surface area is 181 Å². The minimum Gasteiger partial charge on any atom is -0.345 e. The third-order valence-electron chi connectivity index (χ3n) is 4.94. The number of nitrogens with zero attached hydrogens (tertiary/aromatic N) is 2. The van der Waals surface area contributed by atoms with Crippen LogP contribution in [0.5, 0.6) is 0 Å². The number of amides is 2. The molecule has 31 heavy (non-hydrogen) atoms. The second kappa shape index (κ2) is 10.4. The number of rotatable bonds is 9. The van der Waals surface area contributed by atoms with E-state index in [9.17, 15) is 14.4 Å². The van der Waals surface area contributed by atoms with Crippen LogP contribution in [-0.2, 0) is 16.0 Å². The van der Waals surface area contributed by atoms with Gasteiger partial charge in [0.2, 0.25) is 5.91 Å². The number of benzene rings is 2. The smallest absolute Gasteiger partial charge is 0.272 e. The van der Waals surface area contributed by atoms with E-state index < -0.39 is 23.9 Å². The van der Waals surface area contributed by atoms with Gasteiger partial charge >= 0.3 is 0 Å². The molecule has 3 aromatic rings. The maximum absolute atomic E-state index is 13.1. The Morgan fingerprint density at radius 2 is 1.81 bits per heavy atom. The maximum atomic E-state index is 13.1. The Balaban J connectivity index is 1.86. The lowest BCUT2D eigenvalue weighted by Crippen LogP contribution is -2.51. The van der Waals surface area contributed by atoms with Crippen LogP contribution in [0.3, 0.4) is 0 Å². The van der Waals surface area contributed by atoms with E-state index in [1.54, 1.807) is 0 Å². The lowest BCUT2D eigenvalue weighted by atomic mass is 9.97. The standard InChI is InChI=1S/C24H26N4O3/c1-16(2)12-19(15-29)27-23(30)21(28-24(31)22-14-25-10-11-26-22)13-18-8-5-7-17-6-3-4-9-20(17)18/h3-11,14-16,19,21H,12-13H2,1-2H3,(H,27,30)(H,28,31)/t19-,21-/m0/s1. The summed E-state index contributed by atoms with van der Waals surface area (Å²) in [5.41, 5.74) is 1.04. The van der Waals surface area contributed by atoms with Crippen LogP contribution in [0.25, 0.3) is 10.8 Å². The van der Waals surface area contributed by atoms with Crippen molar-refractivity contribution in [1.82, 2.24) is 20.6 Å². The summed E-state index contributed by atoms with van der Waals surface area (Å²) in [7, 11) is 0. The topological polar surface area (TPSA) is 101 Å². The lowest BCUT2D eigenvalue weighted by Gasteiger charge is -2.22. The van der Waals surface area contributed by atoms with Crippen molar-refractivity contribution in [3.05, 3.63) is 72.3 Å². The van der Waals surface area contributed by atoms with Crippen molar-refractivity contribution in [1.29, 1.82) is 0 Å². The van der Waals surface area contributed by atoms with E-state index in [2.05, 4.69) is 20.6 Å². The number of aldehydes is 1. The van der Waals surface area contributed by atoms with Crippen molar-refractivity contribution in [2.45, 2.75) is 38.8 Å². The molecule has 7 nitrogen and oxygen atoms in total. The van der Waals surface area contributed by atoms with Crippen molar-refractivity contribution >= 4 is 28.9 Å². The van der Waals surface area contributed by atoms with Crippen LogP contribution in [0.2, 0.25) is 0 Å². The van der Waals surface area contributed by atoms with Gasteiger partial charge in [-0.15, -0.1) is 0 Å². The molecule has 1 aromatic heterocycles. The average Bonchev–Trinajstić information content (AvgIpc) is 2.78. The quantitative estimate of drug-likeness (QED) is 0.521. The van der Waals surface area contributed by atoms with E-state index in [-0.39, 0.29) is 18.0 Å². The van der Waals surface area contributed by atoms with Gasteiger partial charge in [0, 0.05) is 18.8 Å². The van der Waals surface area contributed by atoms with Crippen molar-refractivity contribution in [3.63, 3.8) is 0 Å². The Morgan fingerprint density at radius 1 is 1.03 bits per heavy atom. The van der Waals surface area contributed by atoms with Crippen molar-refractivity contribution in [2.24, 2.45) is 5.92 Å². The van der Waals surface area contributed by atoms with Crippen LogP contribution in [0.4, 0.5) is 0 Å². The van der Waals surface area contributed by atoms with Gasteiger partial charge in [0.05, 0.1) is 12.2 Å². The zero-order valence-corrected chi connectivity index (χ0v) is 17.6. The molecule has 0 aliphatic heterocycles. The molecule has 0 spiro atoms. The third kappa shape index (κ3) is 5.94. The van der Waals surface area contributed by atoms with Gasteiger partial charge in [0.15, 0.2) is 0 Å². The summed E-state index contributed by atoms with van der Waals surface area (Å²) in [6.45, 7) is 3.96. The van der Waals surface area contributed by atoms with Gasteiger partial charge in [0.25, 0.3) is 5.91 Å². The molecule has 0 saturated heterocycles. The summed E-state index contributed by atoms with van der Waals surface area (Å²) < 4.78 is 0. The first-order chi connectivity index (χ1) is 15.0. The van der Waals surface area contributed by atoms with Gasteiger partial charge < -0.3 is 15.4 Å². The number of fused-ring (bicyclic) bond motifs is 1. The van der Waals surface area contributed by atoms with Gasteiger partial charge in [0.1, 0.15) is 18.0 Å². The fourth-order valence-corrected chi connectivity index (χ4v) is 3.49. The number of hydrogen-bond donors (Lipinski definition) is 2. The average molecular weight is 418 g/mol. The van der Waals surface area contributed by atoms with Crippen LogP contribution in [0.1, 0.15) is 36.3 Å². The first-order valence-electron chi connectivity index (χ1n) is 10.3. The molecule has 2 amide bonds. The number of aromatic nitrogens is 2. The van der Waals surface area contributed by atoms with Gasteiger partial charge in [-0.25, -0.2) is 4.98 Å². The lowest BCUT2D eigenvalue weighted by molar-refractivity contribution is -0.125. The third-order valence-corrected chi connectivity index (χ3v) is 4.94. The van der Waals surface area contributed by atoms with Crippen molar-refractivity contribution < 1.29 is 14.4 Å². The molecule has 0 radical (unpaired) electrons. The Kier molecular flexibility index (Phi) is 7.43. The SMILES string of the molecule is CC(C)C[C@@H](C=O)NC(=O)[C@H](Cc1cccc2ccccc12)NC(=O)c1cnccn1. The predicted molar refractivity (Wildman–Crippen MR) is 118 cm³/mol. The highest BCUT2D eigenvalue weighted by atomic mass is 16.2. The molecule has 1 heterocycles. The van der Waals surface area contributed by atoms with E-state index in [4.69, 9.17) is 0 Å². The van der Waals surface area contributed by atoms with Crippen LogP contribution in [0.15, 0.2) is 61.1 Å². The Bertz CT molecular complexity index is 1050. The molecule has 0 aliphatic carbocycles. The molecule has 0 aliphatic rings. The highest BCUT2D eigenvalue weighted by Gasteiger charge is 2.25. The fraction of sp³-hybridized carbons (Fsp3) is 0.292. The second-order valence-corrected chi connectivity index (χ2v) is 7.84. The monoisotopic (exact) mass is 418 g/mol. The molecule has 0 unspecified atom stereocenters. The number of hydrogen-bond acceptors (Lipinski definition) is 5. The minimum absolute atomic E-state index is 0.118. The van der Waals surface area contributed by atoms with Gasteiger partial charge in [-0.1, -0.05) is 56.3 Å². The van der Waals surface area contributed by atoms with Crippen molar-refractivity contribution in [2.75, 3.05) is 0 Å². The normalized spacial score (nSPS) is 12.9. The molecule has 0 saturated carbocycles. The molecule has 3 rings (SSSR count). The van der Waals surface area contributed by atoms with Gasteiger partial charge in [-0.3, -0.25) is 14.6 Å². The summed E-state index contributed by atoms with van der Waals surface area (Å²) >= 11 is 0. The molecule has 7 heteroatoms. The molecule has 2 atom stereocenters. The van der Waals surface area contributed by atoms with Gasteiger partial charge in [-0.05, 0) is 28.7 Å². The fourth-order valence-electron chi connectivity index (χ4n) is 3.49. The number of carbonyl (C=O) groups is 3. The van der Waals surface area contributed by atoms with E-state index in [1.165, 1.54) is 18.6 Å². The maximum Gasteiger partial charge on any atom is 0.272 e. The molecular formula is C24H26N4O3. The van der Waals surface area contributed by atoms with E-state index in [1.807, 2.05) is 56.3 Å². The van der Waals surface area contributed by atoms with E-state index in [0.29, 0.717) is 6.42 Å². The Hall–Kier alpha value is -3.61. The predicted octanol–water partition coefficient (Wildman–Crippen LogP) is 2.70. The summed E-state index contributed by atoms with van der Waals surface area (Å²) in [5.74, 6) is -0.677. The molecular weight excluding hydrogens is 392 g/mol. The molecule has 2 aromatic carbocycles. The van der Waals surface area contributed by atoms with E-state index >= 15 is 0 Å². The van der Waals surface area contributed by atoms with Crippen LogP contribution >= 0.6 is 0 Å². The molecule has 2 N–H and O–H groups in total. The van der Waals surface area contributed by atoms with Gasteiger partial charge in [-0.2, -0.15) is 0 Å². The molecule has 0 fully saturated rings. The van der Waals surface area contributed by atoms with Crippen LogP contribution in [0, 0.1) is 5.92 Å². The van der Waals surface area contributed by atoms with Crippen molar-refractivity contribution in [3.8, 4) is 0 Å². The number of carbonyl (C=O) groups excluding carboxylic acids is 3. The van der Waals surface area contributed by atoms with Crippen LogP contribution in [-0.4, -0.2) is 40.2 Å². The molecule has 160 valence electrons. The summed E-state index contributed by atoms with van der Waals surface area (Å²) in [5, 5.41) is 7.58. The zero-order valence-electron chi connectivity index (χ0n) is 17.6. The molecule has 0 bridgehead atoms. The summed E-state index contributed by atoms with van der Waals surface area (Å²) in [6, 6.07) is 12.2. The van der Waals surface area contributed by atoms with E-state index in [0.717, 1.165) is 22.6 Å². The largest absolute Gasteiger partial charge is 0.345 e. The number of nitrogens with one attached hydrogen (secondary N) is 2. The van der Waals surface area contributed by atoms with Crippen LogP contribution < -0.4 is 10.6 Å². The first-order valence-corrected chi connectivity index (χ1v) is 10.3. The Morgan fingerprint density at radius 3 is 2.52 bits per heavy atom. The summed E-state index contributed by atoms with van der Waals surface area (Å²) in [6.07, 6.45) is 5.75.